The molecule has 2 bridgehead atoms. The minimum absolute atomic E-state index is 0.0631. The standard InChI is InChI=1S/C24H25F3N2O6/c1-12(30)28-23-7-6-15(31)20-22(23)8-9-29(33,11-13-2-3-13)17(23)10-14-4-5-16(19(35-20)18(14)22)34-21(32)24(25,26)27/h4-5,13,17,20H,2-3,6-11H2,1H3,(H,28,30)/t17-,20?,22+,23-,29?/m1/s1. The highest BCUT2D eigenvalue weighted by molar-refractivity contribution is 5.91. The summed E-state index contributed by atoms with van der Waals surface area (Å²) in [5, 5.41) is 17.4. The fourth-order valence-electron chi connectivity index (χ4n) is 7.38. The minimum Gasteiger partial charge on any atom is -0.633 e. The largest absolute Gasteiger partial charge is 0.633 e. The monoisotopic (exact) mass is 494 g/mol. The molecule has 1 aromatic rings. The smallest absolute Gasteiger partial charge is 0.491 e. The van der Waals surface area contributed by atoms with E-state index in [0.29, 0.717) is 23.6 Å². The number of alkyl halides is 3. The Morgan fingerprint density at radius 3 is 2.69 bits per heavy atom. The number of esters is 1. The molecule has 3 aliphatic carbocycles. The van der Waals surface area contributed by atoms with Crippen molar-refractivity contribution in [1.82, 2.24) is 5.32 Å². The summed E-state index contributed by atoms with van der Waals surface area (Å²) >= 11 is 0. The number of ketones is 1. The van der Waals surface area contributed by atoms with E-state index in [9.17, 15) is 32.8 Å². The lowest BCUT2D eigenvalue weighted by Crippen LogP contribution is -2.84. The zero-order valence-electron chi connectivity index (χ0n) is 19.1. The molecule has 188 valence electrons. The normalized spacial score (nSPS) is 36.8. The minimum atomic E-state index is -5.21. The third-order valence-corrected chi connectivity index (χ3v) is 8.72. The van der Waals surface area contributed by atoms with E-state index < -0.39 is 45.6 Å². The van der Waals surface area contributed by atoms with Crippen LogP contribution in [0.3, 0.4) is 0 Å². The number of piperidine rings is 1. The van der Waals surface area contributed by atoms with Crippen molar-refractivity contribution in [1.29, 1.82) is 0 Å². The predicted molar refractivity (Wildman–Crippen MR) is 113 cm³/mol. The van der Waals surface area contributed by atoms with Gasteiger partial charge in [0.25, 0.3) is 0 Å². The Morgan fingerprint density at radius 1 is 1.29 bits per heavy atom. The Hall–Kier alpha value is -2.66. The van der Waals surface area contributed by atoms with Gasteiger partial charge < -0.3 is 24.6 Å². The Bertz CT molecular complexity index is 1170. The molecule has 1 aromatic carbocycles. The second kappa shape index (κ2) is 6.97. The molecule has 0 radical (unpaired) electrons. The van der Waals surface area contributed by atoms with Crippen LogP contribution in [-0.2, 0) is 26.2 Å². The van der Waals surface area contributed by atoms with Crippen molar-refractivity contribution in [2.45, 2.75) is 74.7 Å². The van der Waals surface area contributed by atoms with Gasteiger partial charge in [0.1, 0.15) is 11.6 Å². The summed E-state index contributed by atoms with van der Waals surface area (Å²) in [7, 11) is 0. The van der Waals surface area contributed by atoms with Gasteiger partial charge >= 0.3 is 12.1 Å². The predicted octanol–water partition coefficient (Wildman–Crippen LogP) is 2.44. The maximum Gasteiger partial charge on any atom is 0.491 e. The van der Waals surface area contributed by atoms with E-state index in [0.717, 1.165) is 12.8 Å². The number of hydrogen-bond acceptors (Lipinski definition) is 6. The van der Waals surface area contributed by atoms with Gasteiger partial charge in [-0.1, -0.05) is 6.07 Å². The number of halogens is 3. The van der Waals surface area contributed by atoms with Crippen molar-refractivity contribution in [3.63, 3.8) is 0 Å². The molecular weight excluding hydrogens is 469 g/mol. The van der Waals surface area contributed by atoms with Crippen LogP contribution in [0, 0.1) is 11.1 Å². The number of carbonyl (C=O) groups is 3. The molecule has 1 amide bonds. The van der Waals surface area contributed by atoms with Crippen molar-refractivity contribution >= 4 is 17.7 Å². The molecule has 2 unspecified atom stereocenters. The number of carbonyl (C=O) groups excluding carboxylic acids is 3. The summed E-state index contributed by atoms with van der Waals surface area (Å²) in [6.45, 7) is 2.01. The lowest BCUT2D eigenvalue weighted by molar-refractivity contribution is -0.920. The van der Waals surface area contributed by atoms with E-state index >= 15 is 0 Å². The van der Waals surface area contributed by atoms with Crippen molar-refractivity contribution in [2.75, 3.05) is 13.1 Å². The molecule has 1 spiro atoms. The van der Waals surface area contributed by atoms with Gasteiger partial charge in [0.05, 0.1) is 18.5 Å². The van der Waals surface area contributed by atoms with Crippen LogP contribution in [0.25, 0.3) is 0 Å². The number of rotatable bonds is 4. The Kier molecular flexibility index (Phi) is 4.54. The summed E-state index contributed by atoms with van der Waals surface area (Å²) in [5.74, 6) is -3.13. The van der Waals surface area contributed by atoms with Crippen molar-refractivity contribution in [3.8, 4) is 11.5 Å². The van der Waals surface area contributed by atoms with Crippen molar-refractivity contribution in [3.05, 3.63) is 28.5 Å². The number of hydroxylamine groups is 3. The number of quaternary nitrogens is 1. The SMILES string of the molecule is CC(=O)N[C@@]12CCC(=O)C3Oc4c(OC(=O)C(F)(F)F)ccc5c4[C@@]31CC[N+]([O-])(CC1CC1)[C@@H]2C5. The van der Waals surface area contributed by atoms with Gasteiger partial charge in [-0.25, -0.2) is 4.79 Å². The van der Waals surface area contributed by atoms with Crippen LogP contribution in [-0.4, -0.2) is 59.3 Å². The lowest BCUT2D eigenvalue weighted by Gasteiger charge is -2.69. The summed E-state index contributed by atoms with van der Waals surface area (Å²) in [4.78, 5) is 37.3. The van der Waals surface area contributed by atoms with Gasteiger partial charge in [-0.3, -0.25) is 9.59 Å². The Balaban J connectivity index is 1.55. The average molecular weight is 494 g/mol. The maximum atomic E-state index is 14.4. The second-order valence-electron chi connectivity index (χ2n) is 10.7. The molecular formula is C24H25F3N2O6. The van der Waals surface area contributed by atoms with Crippen molar-refractivity contribution in [2.24, 2.45) is 5.92 Å². The number of nitrogens with one attached hydrogen (secondary N) is 1. The number of ether oxygens (including phenoxy) is 2. The zero-order valence-corrected chi connectivity index (χ0v) is 19.1. The van der Waals surface area contributed by atoms with E-state index in [1.165, 1.54) is 13.0 Å². The summed E-state index contributed by atoms with van der Waals surface area (Å²) in [6, 6.07) is 2.22. The van der Waals surface area contributed by atoms with Gasteiger partial charge in [0.15, 0.2) is 23.4 Å². The van der Waals surface area contributed by atoms with Gasteiger partial charge in [0, 0.05) is 37.7 Å². The van der Waals surface area contributed by atoms with Gasteiger partial charge in [-0.05, 0) is 30.9 Å². The number of likely N-dealkylation sites (tertiary alicyclic amines) is 1. The number of nitrogens with zero attached hydrogens (tertiary/aromatic N) is 1. The molecule has 6 rings (SSSR count). The Labute approximate surface area is 198 Å². The lowest BCUT2D eigenvalue weighted by atomic mass is 9.47. The molecule has 5 aliphatic rings. The molecule has 5 atom stereocenters. The van der Waals surface area contributed by atoms with Crippen LogP contribution in [0.15, 0.2) is 12.1 Å². The average Bonchev–Trinajstić information content (AvgIpc) is 3.49. The molecule has 1 N–H and O–H groups in total. The molecule has 1 saturated heterocycles. The zero-order chi connectivity index (χ0) is 25.0. The number of amides is 1. The molecule has 2 saturated carbocycles. The maximum absolute atomic E-state index is 14.4. The van der Waals surface area contributed by atoms with Crippen LogP contribution in [0.2, 0.25) is 0 Å². The molecule has 2 heterocycles. The first kappa shape index (κ1) is 22.8. The summed E-state index contributed by atoms with van der Waals surface area (Å²) < 4.78 is 49.1. The quantitative estimate of drug-likeness (QED) is 0.299. The molecule has 11 heteroatoms. The van der Waals surface area contributed by atoms with Crippen LogP contribution < -0.4 is 14.8 Å². The Morgan fingerprint density at radius 2 is 2.03 bits per heavy atom. The molecule has 8 nitrogen and oxygen atoms in total. The highest BCUT2D eigenvalue weighted by Gasteiger charge is 2.76. The van der Waals surface area contributed by atoms with Crippen LogP contribution in [0.1, 0.15) is 50.2 Å². The number of Topliss-reactive ketones (excluding diaryl/α,β-unsaturated/α-hetero) is 1. The van der Waals surface area contributed by atoms with Crippen LogP contribution >= 0.6 is 0 Å². The first-order valence-corrected chi connectivity index (χ1v) is 11.9. The van der Waals surface area contributed by atoms with E-state index in [4.69, 9.17) is 4.74 Å². The first-order valence-electron chi connectivity index (χ1n) is 11.9. The second-order valence-corrected chi connectivity index (χ2v) is 10.7. The molecule has 3 fully saturated rings. The van der Waals surface area contributed by atoms with Crippen LogP contribution in [0.5, 0.6) is 11.5 Å². The van der Waals surface area contributed by atoms with Gasteiger partial charge in [-0.2, -0.15) is 13.2 Å². The van der Waals surface area contributed by atoms with E-state index in [1.807, 2.05) is 0 Å². The van der Waals surface area contributed by atoms with E-state index in [1.54, 1.807) is 6.07 Å². The van der Waals surface area contributed by atoms with Crippen LogP contribution in [0.4, 0.5) is 13.2 Å². The molecule has 2 aliphatic heterocycles. The van der Waals surface area contributed by atoms with Gasteiger partial charge in [-0.15, -0.1) is 0 Å². The van der Waals surface area contributed by atoms with Crippen molar-refractivity contribution < 1.29 is 41.7 Å². The highest BCUT2D eigenvalue weighted by Crippen LogP contribution is 2.66. The number of hydrogen-bond donors (Lipinski definition) is 1. The van der Waals surface area contributed by atoms with E-state index in [-0.39, 0.29) is 49.7 Å². The first-order chi connectivity index (χ1) is 16.4. The fraction of sp³-hybridized carbons (Fsp3) is 0.625. The fourth-order valence-corrected chi connectivity index (χ4v) is 7.38. The topological polar surface area (TPSA) is 105 Å². The molecule has 35 heavy (non-hydrogen) atoms. The third-order valence-electron chi connectivity index (χ3n) is 8.72. The molecule has 0 aromatic heterocycles. The summed E-state index contributed by atoms with van der Waals surface area (Å²) in [5.41, 5.74) is -1.04. The van der Waals surface area contributed by atoms with Gasteiger partial charge in [0.2, 0.25) is 5.91 Å². The number of benzene rings is 1. The summed E-state index contributed by atoms with van der Waals surface area (Å²) in [6.07, 6.45) is -3.49. The van der Waals surface area contributed by atoms with E-state index in [2.05, 4.69) is 10.1 Å². The third kappa shape index (κ3) is 2.97. The highest BCUT2D eigenvalue weighted by atomic mass is 19.4.